The quantitative estimate of drug-likeness (QED) is 0.817. The molecule has 0 aromatic heterocycles. The highest BCUT2D eigenvalue weighted by atomic mass is 32.2. The van der Waals surface area contributed by atoms with Gasteiger partial charge >= 0.3 is 0 Å². The van der Waals surface area contributed by atoms with E-state index in [1.165, 1.54) is 0 Å². The first-order valence-corrected chi connectivity index (χ1v) is 7.61. The number of aliphatic hydroxyl groups is 1. The Kier molecular flexibility index (Phi) is 6.49. The summed E-state index contributed by atoms with van der Waals surface area (Å²) in [5.74, 6) is 0. The molecular weight excluding hydrogens is 282 g/mol. The first-order valence-electron chi connectivity index (χ1n) is 6.39. The van der Waals surface area contributed by atoms with Crippen LogP contribution >= 0.6 is 0 Å². The van der Waals surface area contributed by atoms with Gasteiger partial charge in [0.2, 0.25) is 0 Å². The minimum absolute atomic E-state index is 0.161. The topological polar surface area (TPSA) is 37.3 Å². The fourth-order valence-electron chi connectivity index (χ4n) is 1.71. The van der Waals surface area contributed by atoms with Crippen LogP contribution in [0.5, 0.6) is 0 Å². The summed E-state index contributed by atoms with van der Waals surface area (Å²) in [5, 5.41) is 8.61. The maximum absolute atomic E-state index is 12.7. The van der Waals surface area contributed by atoms with Gasteiger partial charge in [0, 0.05) is 4.90 Å². The number of aryl methyl sites for hydroxylation is 1. The van der Waals surface area contributed by atoms with Crippen molar-refractivity contribution in [2.75, 3.05) is 0 Å². The van der Waals surface area contributed by atoms with Crippen LogP contribution in [0.4, 0.5) is 8.78 Å². The van der Waals surface area contributed by atoms with Gasteiger partial charge in [-0.05, 0) is 39.3 Å². The van der Waals surface area contributed by atoms with Gasteiger partial charge in [0.1, 0.15) is 6.10 Å². The second kappa shape index (κ2) is 7.64. The Bertz CT molecular complexity index is 479. The Balaban J connectivity index is 3.00. The van der Waals surface area contributed by atoms with Gasteiger partial charge in [-0.3, -0.25) is 4.21 Å². The lowest BCUT2D eigenvalue weighted by molar-refractivity contribution is -0.00535. The lowest BCUT2D eigenvalue weighted by atomic mass is 10.1. The van der Waals surface area contributed by atoms with Gasteiger partial charge in [0.05, 0.1) is 16.0 Å². The molecule has 1 rings (SSSR count). The highest BCUT2D eigenvalue weighted by Gasteiger charge is 2.32. The standard InChI is InChI=1S/C15H20F2O2S/c1-10(2)4-9-13(14(18)15(16)17)20(19)12-7-5-11(3)6-8-12/h4-8,13-15,18H,9H2,1-3H3/t13-,14+,20+/m1/s1. The number of allylic oxidation sites excluding steroid dienone is 2. The molecule has 1 aromatic rings. The van der Waals surface area contributed by atoms with E-state index in [2.05, 4.69) is 0 Å². The molecular formula is C15H20F2O2S. The van der Waals surface area contributed by atoms with Crippen LogP contribution in [-0.4, -0.2) is 27.1 Å². The second-order valence-electron chi connectivity index (χ2n) is 4.99. The van der Waals surface area contributed by atoms with Gasteiger partial charge in [0.25, 0.3) is 6.43 Å². The zero-order chi connectivity index (χ0) is 15.3. The summed E-state index contributed by atoms with van der Waals surface area (Å²) >= 11 is 0. The Morgan fingerprint density at radius 1 is 1.30 bits per heavy atom. The normalized spacial score (nSPS) is 15.8. The molecule has 1 N–H and O–H groups in total. The number of halogens is 2. The van der Waals surface area contributed by atoms with Crippen LogP contribution in [0.2, 0.25) is 0 Å². The van der Waals surface area contributed by atoms with Gasteiger partial charge < -0.3 is 5.11 Å². The van der Waals surface area contributed by atoms with Crippen molar-refractivity contribution in [2.24, 2.45) is 0 Å². The molecule has 1 aromatic carbocycles. The molecule has 0 spiro atoms. The summed E-state index contributed by atoms with van der Waals surface area (Å²) in [6, 6.07) is 6.86. The van der Waals surface area contributed by atoms with Crippen LogP contribution in [0.25, 0.3) is 0 Å². The predicted molar refractivity (Wildman–Crippen MR) is 77.4 cm³/mol. The number of aliphatic hydroxyl groups excluding tert-OH is 1. The van der Waals surface area contributed by atoms with Gasteiger partial charge in [0.15, 0.2) is 0 Å². The van der Waals surface area contributed by atoms with Crippen molar-refractivity contribution in [3.63, 3.8) is 0 Å². The third-order valence-electron chi connectivity index (χ3n) is 2.93. The smallest absolute Gasteiger partial charge is 0.265 e. The fourth-order valence-corrected chi connectivity index (χ4v) is 3.11. The molecule has 5 heteroatoms. The van der Waals surface area contributed by atoms with Crippen LogP contribution in [-0.2, 0) is 10.8 Å². The summed E-state index contributed by atoms with van der Waals surface area (Å²) in [7, 11) is -1.67. The fraction of sp³-hybridized carbons (Fsp3) is 0.467. The third kappa shape index (κ3) is 4.80. The summed E-state index contributed by atoms with van der Waals surface area (Å²) in [4.78, 5) is 0.461. The Morgan fingerprint density at radius 2 is 1.85 bits per heavy atom. The SMILES string of the molecule is CC(C)=CC[C@H]([C@H](O)C(F)F)[S@@](=O)c1ccc(C)cc1. The van der Waals surface area contributed by atoms with Crippen LogP contribution in [0.15, 0.2) is 40.8 Å². The minimum atomic E-state index is -2.90. The van der Waals surface area contributed by atoms with Crippen molar-refractivity contribution in [3.8, 4) is 0 Å². The highest BCUT2D eigenvalue weighted by molar-refractivity contribution is 7.85. The van der Waals surface area contributed by atoms with Crippen molar-refractivity contribution in [3.05, 3.63) is 41.5 Å². The second-order valence-corrected chi connectivity index (χ2v) is 6.66. The molecule has 0 saturated carbocycles. The molecule has 0 fully saturated rings. The molecule has 0 aliphatic carbocycles. The van der Waals surface area contributed by atoms with E-state index in [4.69, 9.17) is 0 Å². The van der Waals surface area contributed by atoms with E-state index in [1.807, 2.05) is 20.8 Å². The minimum Gasteiger partial charge on any atom is -0.386 e. The molecule has 0 amide bonds. The molecule has 0 bridgehead atoms. The summed E-state index contributed by atoms with van der Waals surface area (Å²) in [6.07, 6.45) is -2.91. The van der Waals surface area contributed by atoms with Crippen molar-refractivity contribution >= 4 is 10.8 Å². The Labute approximate surface area is 121 Å². The molecule has 0 aliphatic rings. The molecule has 20 heavy (non-hydrogen) atoms. The molecule has 0 radical (unpaired) electrons. The number of hydrogen-bond donors (Lipinski definition) is 1. The van der Waals surface area contributed by atoms with E-state index in [9.17, 15) is 18.1 Å². The van der Waals surface area contributed by atoms with E-state index in [1.54, 1.807) is 30.3 Å². The van der Waals surface area contributed by atoms with Crippen LogP contribution in [0, 0.1) is 6.92 Å². The van der Waals surface area contributed by atoms with Crippen molar-refractivity contribution in [1.82, 2.24) is 0 Å². The average molecular weight is 302 g/mol. The Morgan fingerprint density at radius 3 is 2.30 bits per heavy atom. The predicted octanol–water partition coefficient (Wildman–Crippen LogP) is 3.45. The van der Waals surface area contributed by atoms with Gasteiger partial charge in [-0.1, -0.05) is 29.3 Å². The van der Waals surface area contributed by atoms with E-state index in [-0.39, 0.29) is 6.42 Å². The molecule has 112 valence electrons. The Hall–Kier alpha value is -1.07. The van der Waals surface area contributed by atoms with Gasteiger partial charge in [-0.2, -0.15) is 0 Å². The van der Waals surface area contributed by atoms with Gasteiger partial charge in [-0.15, -0.1) is 0 Å². The number of rotatable bonds is 6. The van der Waals surface area contributed by atoms with Crippen molar-refractivity contribution in [2.45, 2.75) is 49.9 Å². The molecule has 0 unspecified atom stereocenters. The molecule has 2 nitrogen and oxygen atoms in total. The lowest BCUT2D eigenvalue weighted by Crippen LogP contribution is -2.35. The van der Waals surface area contributed by atoms with E-state index in [0.29, 0.717) is 4.90 Å². The summed E-state index contributed by atoms with van der Waals surface area (Å²) in [5.41, 5.74) is 1.94. The number of hydrogen-bond acceptors (Lipinski definition) is 2. The number of benzene rings is 1. The summed E-state index contributed by atoms with van der Waals surface area (Å²) < 4.78 is 37.9. The molecule has 0 aliphatic heterocycles. The van der Waals surface area contributed by atoms with Crippen molar-refractivity contribution in [1.29, 1.82) is 0 Å². The summed E-state index contributed by atoms with van der Waals surface area (Å²) in [6.45, 7) is 5.56. The monoisotopic (exact) mass is 302 g/mol. The molecule has 0 heterocycles. The van der Waals surface area contributed by atoms with E-state index in [0.717, 1.165) is 11.1 Å². The van der Waals surface area contributed by atoms with Crippen LogP contribution in [0.3, 0.4) is 0 Å². The first-order chi connectivity index (χ1) is 9.32. The number of alkyl halides is 2. The lowest BCUT2D eigenvalue weighted by Gasteiger charge is -2.21. The average Bonchev–Trinajstić information content (AvgIpc) is 2.38. The zero-order valence-electron chi connectivity index (χ0n) is 11.8. The largest absolute Gasteiger partial charge is 0.386 e. The third-order valence-corrected chi connectivity index (χ3v) is 4.68. The molecule has 0 saturated heterocycles. The van der Waals surface area contributed by atoms with Gasteiger partial charge in [-0.25, -0.2) is 8.78 Å². The zero-order valence-corrected chi connectivity index (χ0v) is 12.7. The van der Waals surface area contributed by atoms with E-state index >= 15 is 0 Å². The van der Waals surface area contributed by atoms with Crippen LogP contribution < -0.4 is 0 Å². The maximum atomic E-state index is 12.7. The van der Waals surface area contributed by atoms with Crippen LogP contribution in [0.1, 0.15) is 25.8 Å². The van der Waals surface area contributed by atoms with Crippen molar-refractivity contribution < 1.29 is 18.1 Å². The first kappa shape index (κ1) is 17.0. The van der Waals surface area contributed by atoms with E-state index < -0.39 is 28.6 Å². The molecule has 3 atom stereocenters. The maximum Gasteiger partial charge on any atom is 0.265 e. The highest BCUT2D eigenvalue weighted by Crippen LogP contribution is 2.22.